The zero-order chi connectivity index (χ0) is 14.1. The first-order chi connectivity index (χ1) is 9.66. The molecular formula is C15H15BrFNO2. The van der Waals surface area contributed by atoms with E-state index in [4.69, 9.17) is 4.42 Å². The minimum Gasteiger partial charge on any atom is -0.467 e. The monoisotopic (exact) mass is 339 g/mol. The number of aliphatic hydroxyl groups is 1. The highest BCUT2D eigenvalue weighted by Gasteiger charge is 2.27. The first-order valence-electron chi connectivity index (χ1n) is 6.58. The molecule has 1 heterocycles. The van der Waals surface area contributed by atoms with Crippen LogP contribution in [0.2, 0.25) is 0 Å². The molecule has 0 spiro atoms. The molecule has 1 aliphatic rings. The Morgan fingerprint density at radius 2 is 2.30 bits per heavy atom. The van der Waals surface area contributed by atoms with E-state index >= 15 is 0 Å². The molecule has 2 N–H and O–H groups in total. The summed E-state index contributed by atoms with van der Waals surface area (Å²) in [5.41, 5.74) is 1.74. The van der Waals surface area contributed by atoms with Gasteiger partial charge in [0.1, 0.15) is 17.7 Å². The molecule has 0 fully saturated rings. The van der Waals surface area contributed by atoms with Crippen molar-refractivity contribution in [2.75, 3.05) is 6.54 Å². The van der Waals surface area contributed by atoms with Gasteiger partial charge in [0.15, 0.2) is 0 Å². The molecule has 0 saturated carbocycles. The highest BCUT2D eigenvalue weighted by molar-refractivity contribution is 9.10. The van der Waals surface area contributed by atoms with Crippen LogP contribution in [0.4, 0.5) is 4.39 Å². The Bertz CT molecular complexity index is 600. The van der Waals surface area contributed by atoms with Gasteiger partial charge in [0, 0.05) is 17.1 Å². The summed E-state index contributed by atoms with van der Waals surface area (Å²) in [7, 11) is 0. The number of furan rings is 1. The molecule has 1 aromatic heterocycles. The number of halogens is 2. The van der Waals surface area contributed by atoms with E-state index in [9.17, 15) is 9.50 Å². The van der Waals surface area contributed by atoms with Crippen molar-refractivity contribution >= 4 is 15.9 Å². The maximum atomic E-state index is 13.8. The standard InChI is InChI=1S/C15H15BrFNO2/c16-10-4-5-11(17)9-3-6-12(15(9)10)18-8-13(19)14-2-1-7-20-14/h1-2,4-5,7,12-13,18-19H,3,6,8H2. The molecule has 2 unspecified atom stereocenters. The first kappa shape index (κ1) is 13.8. The molecule has 3 rings (SSSR count). The Kier molecular flexibility index (Phi) is 3.92. The third-order valence-corrected chi connectivity index (χ3v) is 4.40. The van der Waals surface area contributed by atoms with Crippen LogP contribution in [0.25, 0.3) is 0 Å². The smallest absolute Gasteiger partial charge is 0.133 e. The number of rotatable bonds is 4. The van der Waals surface area contributed by atoms with Gasteiger partial charge in [-0.1, -0.05) is 15.9 Å². The summed E-state index contributed by atoms with van der Waals surface area (Å²) >= 11 is 3.48. The summed E-state index contributed by atoms with van der Waals surface area (Å²) in [6.07, 6.45) is 2.39. The van der Waals surface area contributed by atoms with Gasteiger partial charge in [0.05, 0.1) is 6.26 Å². The number of hydrogen-bond donors (Lipinski definition) is 2. The van der Waals surface area contributed by atoms with Gasteiger partial charge >= 0.3 is 0 Å². The van der Waals surface area contributed by atoms with Crippen molar-refractivity contribution in [2.45, 2.75) is 25.0 Å². The van der Waals surface area contributed by atoms with Gasteiger partial charge in [0.2, 0.25) is 0 Å². The van der Waals surface area contributed by atoms with Crippen LogP contribution in [0, 0.1) is 5.82 Å². The topological polar surface area (TPSA) is 45.4 Å². The lowest BCUT2D eigenvalue weighted by molar-refractivity contribution is 0.143. The average molecular weight is 340 g/mol. The third-order valence-electron chi connectivity index (χ3n) is 3.71. The predicted molar refractivity (Wildman–Crippen MR) is 76.8 cm³/mol. The molecular weight excluding hydrogens is 325 g/mol. The molecule has 2 atom stereocenters. The molecule has 1 aliphatic carbocycles. The van der Waals surface area contributed by atoms with E-state index in [0.29, 0.717) is 12.3 Å². The predicted octanol–water partition coefficient (Wildman–Crippen LogP) is 3.49. The second kappa shape index (κ2) is 5.68. The molecule has 3 nitrogen and oxygen atoms in total. The van der Waals surface area contributed by atoms with Crippen molar-refractivity contribution < 1.29 is 13.9 Å². The lowest BCUT2D eigenvalue weighted by Crippen LogP contribution is -2.25. The molecule has 1 aromatic carbocycles. The summed E-state index contributed by atoms with van der Waals surface area (Å²) < 4.78 is 19.8. The summed E-state index contributed by atoms with van der Waals surface area (Å²) in [6.45, 7) is 0.376. The van der Waals surface area contributed by atoms with E-state index in [1.165, 1.54) is 12.3 Å². The molecule has 0 aliphatic heterocycles. The highest BCUT2D eigenvalue weighted by atomic mass is 79.9. The molecule has 106 valence electrons. The van der Waals surface area contributed by atoms with Gasteiger partial charge in [-0.25, -0.2) is 4.39 Å². The number of fused-ring (bicyclic) bond motifs is 1. The van der Waals surface area contributed by atoms with Crippen LogP contribution < -0.4 is 5.32 Å². The number of aliphatic hydroxyl groups excluding tert-OH is 1. The van der Waals surface area contributed by atoms with E-state index in [2.05, 4.69) is 21.2 Å². The van der Waals surface area contributed by atoms with Crippen LogP contribution in [0.15, 0.2) is 39.4 Å². The molecule has 0 saturated heterocycles. The molecule has 0 bridgehead atoms. The van der Waals surface area contributed by atoms with Gasteiger partial charge in [0.25, 0.3) is 0 Å². The summed E-state index contributed by atoms with van der Waals surface area (Å²) in [5, 5.41) is 13.3. The van der Waals surface area contributed by atoms with Crippen molar-refractivity contribution in [3.8, 4) is 0 Å². The minimum atomic E-state index is -0.693. The van der Waals surface area contributed by atoms with Crippen molar-refractivity contribution in [2.24, 2.45) is 0 Å². The molecule has 20 heavy (non-hydrogen) atoms. The van der Waals surface area contributed by atoms with E-state index in [1.54, 1.807) is 18.2 Å². The third kappa shape index (κ3) is 2.53. The Labute approximate surface area is 124 Å². The van der Waals surface area contributed by atoms with Crippen LogP contribution in [0.1, 0.15) is 35.5 Å². The fourth-order valence-electron chi connectivity index (χ4n) is 2.71. The zero-order valence-corrected chi connectivity index (χ0v) is 12.4. The Hall–Kier alpha value is -1.17. The van der Waals surface area contributed by atoms with Crippen LogP contribution >= 0.6 is 15.9 Å². The molecule has 5 heteroatoms. The van der Waals surface area contributed by atoms with Crippen LogP contribution in [0.3, 0.4) is 0 Å². The fourth-order valence-corrected chi connectivity index (χ4v) is 3.36. The number of benzene rings is 1. The Balaban J connectivity index is 1.71. The lowest BCUT2D eigenvalue weighted by atomic mass is 10.1. The van der Waals surface area contributed by atoms with Crippen molar-refractivity contribution in [1.82, 2.24) is 5.32 Å². The largest absolute Gasteiger partial charge is 0.467 e. The minimum absolute atomic E-state index is 0.0553. The second-order valence-electron chi connectivity index (χ2n) is 4.95. The lowest BCUT2D eigenvalue weighted by Gasteiger charge is -2.17. The van der Waals surface area contributed by atoms with Gasteiger partial charge in [-0.05, 0) is 48.2 Å². The van der Waals surface area contributed by atoms with Crippen molar-refractivity contribution in [1.29, 1.82) is 0 Å². The maximum absolute atomic E-state index is 13.8. The van der Waals surface area contributed by atoms with E-state index in [1.807, 2.05) is 0 Å². The quantitative estimate of drug-likeness (QED) is 0.896. The summed E-state index contributed by atoms with van der Waals surface area (Å²) in [6, 6.07) is 6.76. The molecule has 2 aromatic rings. The number of hydrogen-bond acceptors (Lipinski definition) is 3. The highest BCUT2D eigenvalue weighted by Crippen LogP contribution is 2.38. The fraction of sp³-hybridized carbons (Fsp3) is 0.333. The van der Waals surface area contributed by atoms with Crippen molar-refractivity contribution in [3.63, 3.8) is 0 Å². The van der Waals surface area contributed by atoms with Gasteiger partial charge in [-0.15, -0.1) is 0 Å². The molecule has 0 amide bonds. The normalized spacial score (nSPS) is 19.1. The van der Waals surface area contributed by atoms with Crippen LogP contribution in [-0.4, -0.2) is 11.7 Å². The number of nitrogens with one attached hydrogen (secondary N) is 1. The maximum Gasteiger partial charge on any atom is 0.133 e. The average Bonchev–Trinajstić information content (AvgIpc) is 3.09. The van der Waals surface area contributed by atoms with Gasteiger partial charge in [-0.3, -0.25) is 0 Å². The van der Waals surface area contributed by atoms with Crippen LogP contribution in [-0.2, 0) is 6.42 Å². The molecule has 0 radical (unpaired) electrons. The van der Waals surface area contributed by atoms with Gasteiger partial charge < -0.3 is 14.8 Å². The van der Waals surface area contributed by atoms with E-state index < -0.39 is 6.10 Å². The van der Waals surface area contributed by atoms with E-state index in [-0.39, 0.29) is 11.9 Å². The Morgan fingerprint density at radius 1 is 1.45 bits per heavy atom. The summed E-state index contributed by atoms with van der Waals surface area (Å²) in [4.78, 5) is 0. The zero-order valence-electron chi connectivity index (χ0n) is 10.8. The Morgan fingerprint density at radius 3 is 3.05 bits per heavy atom. The van der Waals surface area contributed by atoms with Crippen LogP contribution in [0.5, 0.6) is 0 Å². The van der Waals surface area contributed by atoms with Gasteiger partial charge in [-0.2, -0.15) is 0 Å². The first-order valence-corrected chi connectivity index (χ1v) is 7.37. The second-order valence-corrected chi connectivity index (χ2v) is 5.81. The summed E-state index contributed by atoms with van der Waals surface area (Å²) in [5.74, 6) is 0.383. The van der Waals surface area contributed by atoms with Crippen molar-refractivity contribution in [3.05, 3.63) is 57.7 Å². The SMILES string of the molecule is OC(CNC1CCc2c(F)ccc(Br)c21)c1ccco1. The van der Waals surface area contributed by atoms with E-state index in [0.717, 1.165) is 28.4 Å².